The van der Waals surface area contributed by atoms with E-state index in [0.29, 0.717) is 18.8 Å². The highest BCUT2D eigenvalue weighted by molar-refractivity contribution is 5.90. The molecule has 0 aliphatic carbocycles. The fourth-order valence-corrected chi connectivity index (χ4v) is 2.43. The van der Waals surface area contributed by atoms with Crippen molar-refractivity contribution in [3.63, 3.8) is 0 Å². The first-order valence-electron chi connectivity index (χ1n) is 8.51. The monoisotopic (exact) mass is 320 g/mol. The molecule has 0 saturated carbocycles. The van der Waals surface area contributed by atoms with Crippen molar-refractivity contribution in [2.75, 3.05) is 13.2 Å². The highest BCUT2D eigenvalue weighted by Gasteiger charge is 2.29. The number of carbonyl (C=O) groups excluding carboxylic acids is 1. The van der Waals surface area contributed by atoms with E-state index in [0.717, 1.165) is 23.3 Å². The van der Waals surface area contributed by atoms with Crippen LogP contribution >= 0.6 is 0 Å². The van der Waals surface area contributed by atoms with Crippen LogP contribution in [0.2, 0.25) is 0 Å². The Morgan fingerprint density at radius 1 is 0.957 bits per heavy atom. The largest absolute Gasteiger partial charge is 0.493 e. The van der Waals surface area contributed by atoms with E-state index < -0.39 is 0 Å². The second-order valence-electron chi connectivity index (χ2n) is 7.97. The molecule has 1 rings (SSSR count). The van der Waals surface area contributed by atoms with Crippen molar-refractivity contribution in [1.82, 2.24) is 0 Å². The molecule has 0 aliphatic heterocycles. The van der Waals surface area contributed by atoms with Gasteiger partial charge in [-0.25, -0.2) is 4.79 Å². The van der Waals surface area contributed by atoms with Crippen LogP contribution in [-0.4, -0.2) is 19.2 Å². The molecule has 0 aromatic heterocycles. The SMILES string of the molecule is CCCOc1c(C(C)(C)C)cc(C(=O)OCC)cc1C(C)(C)C. The summed E-state index contributed by atoms with van der Waals surface area (Å²) in [5.74, 6) is 0.644. The Hall–Kier alpha value is -1.51. The fraction of sp³-hybridized carbons (Fsp3) is 0.650. The van der Waals surface area contributed by atoms with Crippen molar-refractivity contribution < 1.29 is 14.3 Å². The van der Waals surface area contributed by atoms with Gasteiger partial charge in [0.1, 0.15) is 5.75 Å². The van der Waals surface area contributed by atoms with E-state index in [4.69, 9.17) is 9.47 Å². The number of esters is 1. The van der Waals surface area contributed by atoms with Gasteiger partial charge in [0, 0.05) is 11.1 Å². The lowest BCUT2D eigenvalue weighted by atomic mass is 9.78. The molecule has 3 heteroatoms. The first-order valence-corrected chi connectivity index (χ1v) is 8.51. The number of hydrogen-bond acceptors (Lipinski definition) is 3. The van der Waals surface area contributed by atoms with Gasteiger partial charge in [-0.05, 0) is 36.3 Å². The Bertz CT molecular complexity index is 510. The summed E-state index contributed by atoms with van der Waals surface area (Å²) in [7, 11) is 0. The summed E-state index contributed by atoms with van der Waals surface area (Å²) in [6, 6.07) is 3.86. The summed E-state index contributed by atoms with van der Waals surface area (Å²) in [6.45, 7) is 17.8. The van der Waals surface area contributed by atoms with Gasteiger partial charge in [-0.2, -0.15) is 0 Å². The lowest BCUT2D eigenvalue weighted by Gasteiger charge is -2.30. The zero-order valence-corrected chi connectivity index (χ0v) is 16.0. The van der Waals surface area contributed by atoms with Crippen molar-refractivity contribution in [3.05, 3.63) is 28.8 Å². The normalized spacial score (nSPS) is 12.2. The van der Waals surface area contributed by atoms with Gasteiger partial charge in [0.2, 0.25) is 0 Å². The molecule has 1 aromatic carbocycles. The highest BCUT2D eigenvalue weighted by atomic mass is 16.5. The van der Waals surface area contributed by atoms with Gasteiger partial charge in [0.25, 0.3) is 0 Å². The third-order valence-corrected chi connectivity index (χ3v) is 3.67. The highest BCUT2D eigenvalue weighted by Crippen LogP contribution is 2.41. The van der Waals surface area contributed by atoms with E-state index in [1.165, 1.54) is 0 Å². The molecule has 0 N–H and O–H groups in total. The molecule has 0 heterocycles. The van der Waals surface area contributed by atoms with Gasteiger partial charge in [-0.3, -0.25) is 0 Å². The second-order valence-corrected chi connectivity index (χ2v) is 7.97. The van der Waals surface area contributed by atoms with Crippen LogP contribution in [0.15, 0.2) is 12.1 Å². The van der Waals surface area contributed by atoms with Crippen molar-refractivity contribution in [3.8, 4) is 5.75 Å². The van der Waals surface area contributed by atoms with Gasteiger partial charge in [-0.15, -0.1) is 0 Å². The third kappa shape index (κ3) is 4.98. The average molecular weight is 320 g/mol. The minimum absolute atomic E-state index is 0.119. The van der Waals surface area contributed by atoms with E-state index >= 15 is 0 Å². The number of benzene rings is 1. The molecule has 0 amide bonds. The van der Waals surface area contributed by atoms with Gasteiger partial charge in [0.05, 0.1) is 18.8 Å². The maximum atomic E-state index is 12.3. The predicted molar refractivity (Wildman–Crippen MR) is 95.6 cm³/mol. The van der Waals surface area contributed by atoms with E-state index in [2.05, 4.69) is 48.5 Å². The summed E-state index contributed by atoms with van der Waals surface area (Å²) in [5.41, 5.74) is 2.48. The van der Waals surface area contributed by atoms with E-state index in [1.807, 2.05) is 19.1 Å². The third-order valence-electron chi connectivity index (χ3n) is 3.67. The van der Waals surface area contributed by atoms with Crippen LogP contribution in [0.25, 0.3) is 0 Å². The molecular weight excluding hydrogens is 288 g/mol. The van der Waals surface area contributed by atoms with Crippen LogP contribution in [0.3, 0.4) is 0 Å². The van der Waals surface area contributed by atoms with Crippen molar-refractivity contribution in [2.45, 2.75) is 72.6 Å². The van der Waals surface area contributed by atoms with Gasteiger partial charge < -0.3 is 9.47 Å². The summed E-state index contributed by atoms with van der Waals surface area (Å²) in [6.07, 6.45) is 0.951. The molecule has 0 radical (unpaired) electrons. The summed E-state index contributed by atoms with van der Waals surface area (Å²) >= 11 is 0. The van der Waals surface area contributed by atoms with Crippen molar-refractivity contribution in [2.24, 2.45) is 0 Å². The van der Waals surface area contributed by atoms with E-state index in [9.17, 15) is 4.79 Å². The topological polar surface area (TPSA) is 35.5 Å². The number of ether oxygens (including phenoxy) is 2. The molecule has 3 nitrogen and oxygen atoms in total. The Balaban J connectivity index is 3.61. The predicted octanol–water partition coefficient (Wildman–Crippen LogP) is 5.25. The molecule has 0 bridgehead atoms. The molecule has 0 aliphatic rings. The second kappa shape index (κ2) is 7.37. The van der Waals surface area contributed by atoms with E-state index in [-0.39, 0.29) is 16.8 Å². The van der Waals surface area contributed by atoms with Gasteiger partial charge in [0.15, 0.2) is 0 Å². The number of rotatable bonds is 5. The molecule has 0 saturated heterocycles. The Labute approximate surface area is 141 Å². The Morgan fingerprint density at radius 2 is 1.43 bits per heavy atom. The molecule has 23 heavy (non-hydrogen) atoms. The minimum atomic E-state index is -0.273. The van der Waals surface area contributed by atoms with Gasteiger partial charge >= 0.3 is 5.97 Å². The molecule has 0 fully saturated rings. The Kier molecular flexibility index (Phi) is 6.26. The van der Waals surface area contributed by atoms with Crippen LogP contribution in [-0.2, 0) is 15.6 Å². The standard InChI is InChI=1S/C20H32O3/c1-9-11-23-17-15(19(3,4)5)12-14(18(21)22-10-2)13-16(17)20(6,7)8/h12-13H,9-11H2,1-8H3. The minimum Gasteiger partial charge on any atom is -0.493 e. The van der Waals surface area contributed by atoms with Crippen LogP contribution in [0.4, 0.5) is 0 Å². The summed E-state index contributed by atoms with van der Waals surface area (Å²) in [4.78, 5) is 12.3. The van der Waals surface area contributed by atoms with Crippen LogP contribution in [0, 0.1) is 0 Å². The quantitative estimate of drug-likeness (QED) is 0.695. The molecule has 0 atom stereocenters. The fourth-order valence-electron chi connectivity index (χ4n) is 2.43. The molecule has 0 spiro atoms. The lowest BCUT2D eigenvalue weighted by Crippen LogP contribution is -2.22. The maximum absolute atomic E-state index is 12.3. The van der Waals surface area contributed by atoms with Gasteiger partial charge in [-0.1, -0.05) is 48.5 Å². The van der Waals surface area contributed by atoms with Crippen molar-refractivity contribution in [1.29, 1.82) is 0 Å². The zero-order valence-electron chi connectivity index (χ0n) is 16.0. The molecular formula is C20H32O3. The smallest absolute Gasteiger partial charge is 0.338 e. The van der Waals surface area contributed by atoms with Crippen LogP contribution in [0.5, 0.6) is 5.75 Å². The van der Waals surface area contributed by atoms with Crippen molar-refractivity contribution >= 4 is 5.97 Å². The van der Waals surface area contributed by atoms with Crippen LogP contribution in [0.1, 0.15) is 83.3 Å². The maximum Gasteiger partial charge on any atom is 0.338 e. The first kappa shape index (κ1) is 19.5. The first-order chi connectivity index (χ1) is 10.5. The lowest BCUT2D eigenvalue weighted by molar-refractivity contribution is 0.0526. The van der Waals surface area contributed by atoms with Crippen LogP contribution < -0.4 is 4.74 Å². The number of carbonyl (C=O) groups is 1. The van der Waals surface area contributed by atoms with E-state index in [1.54, 1.807) is 0 Å². The Morgan fingerprint density at radius 3 is 1.78 bits per heavy atom. The molecule has 0 unspecified atom stereocenters. The summed E-state index contributed by atoms with van der Waals surface area (Å²) < 4.78 is 11.3. The molecule has 1 aromatic rings. The number of hydrogen-bond donors (Lipinski definition) is 0. The summed E-state index contributed by atoms with van der Waals surface area (Å²) in [5, 5.41) is 0. The molecule has 130 valence electrons. The zero-order chi connectivity index (χ0) is 17.8. The average Bonchev–Trinajstić information content (AvgIpc) is 2.42.